The first kappa shape index (κ1) is 19.6. The van der Waals surface area contributed by atoms with Crippen molar-refractivity contribution in [3.63, 3.8) is 0 Å². The molecule has 1 saturated heterocycles. The van der Waals surface area contributed by atoms with Gasteiger partial charge in [-0.25, -0.2) is 9.98 Å². The van der Waals surface area contributed by atoms with E-state index in [0.717, 1.165) is 37.0 Å². The lowest BCUT2D eigenvalue weighted by molar-refractivity contribution is -0.00545. The van der Waals surface area contributed by atoms with E-state index in [4.69, 9.17) is 4.74 Å². The molecule has 2 unspecified atom stereocenters. The normalized spacial score (nSPS) is 20.6. The monoisotopic (exact) mass is 387 g/mol. The third-order valence-corrected chi connectivity index (χ3v) is 5.09. The van der Waals surface area contributed by atoms with Crippen LogP contribution in [0, 0.1) is 0 Å². The Morgan fingerprint density at radius 1 is 1.22 bits per heavy atom. The maximum atomic E-state index is 5.80. The van der Waals surface area contributed by atoms with Crippen molar-refractivity contribution >= 4 is 23.1 Å². The molecule has 0 saturated carbocycles. The van der Waals surface area contributed by atoms with Gasteiger partial charge in [-0.05, 0) is 54.8 Å². The quantitative estimate of drug-likeness (QED) is 0.589. The molecule has 27 heavy (non-hydrogen) atoms. The molecule has 3 heterocycles. The second-order valence-electron chi connectivity index (χ2n) is 6.87. The lowest BCUT2D eigenvalue weighted by atomic mass is 10.2. The van der Waals surface area contributed by atoms with Gasteiger partial charge >= 0.3 is 0 Å². The predicted octanol–water partition coefficient (Wildman–Crippen LogP) is 3.01. The van der Waals surface area contributed by atoms with Gasteiger partial charge in [-0.3, -0.25) is 0 Å². The van der Waals surface area contributed by atoms with Gasteiger partial charge in [0.05, 0.1) is 18.8 Å². The molecule has 6 nitrogen and oxygen atoms in total. The summed E-state index contributed by atoms with van der Waals surface area (Å²) in [5.41, 5.74) is 2.37. The molecule has 0 radical (unpaired) electrons. The number of anilines is 1. The Hall–Kier alpha value is -2.12. The average Bonchev–Trinajstić information content (AvgIpc) is 3.17. The molecule has 2 N–H and O–H groups in total. The maximum absolute atomic E-state index is 5.80. The number of pyridine rings is 1. The molecule has 1 aliphatic rings. The van der Waals surface area contributed by atoms with Crippen molar-refractivity contribution in [1.29, 1.82) is 0 Å². The molecule has 2 aromatic rings. The van der Waals surface area contributed by atoms with Crippen LogP contribution in [-0.4, -0.2) is 42.8 Å². The van der Waals surface area contributed by atoms with Crippen molar-refractivity contribution in [3.8, 4) is 0 Å². The lowest BCUT2D eigenvalue weighted by Crippen LogP contribution is -2.45. The number of guanidine groups is 1. The fourth-order valence-corrected chi connectivity index (χ4v) is 3.81. The minimum absolute atomic E-state index is 0.235. The topological polar surface area (TPSA) is 61.8 Å². The van der Waals surface area contributed by atoms with Crippen LogP contribution in [0.4, 0.5) is 5.82 Å². The summed E-state index contributed by atoms with van der Waals surface area (Å²) in [6.45, 7) is 10.3. The summed E-state index contributed by atoms with van der Waals surface area (Å²) in [5.74, 6) is 1.84. The number of nitrogens with zero attached hydrogens (tertiary/aromatic N) is 3. The predicted molar refractivity (Wildman–Crippen MR) is 112 cm³/mol. The van der Waals surface area contributed by atoms with Crippen molar-refractivity contribution in [1.82, 2.24) is 15.6 Å². The summed E-state index contributed by atoms with van der Waals surface area (Å²) in [6, 6.07) is 6.33. The van der Waals surface area contributed by atoms with Crippen molar-refractivity contribution in [2.45, 2.75) is 46.1 Å². The van der Waals surface area contributed by atoms with Gasteiger partial charge in [0.2, 0.25) is 0 Å². The van der Waals surface area contributed by atoms with Crippen molar-refractivity contribution in [2.24, 2.45) is 4.99 Å². The van der Waals surface area contributed by atoms with Crippen LogP contribution in [0.5, 0.6) is 0 Å². The number of aliphatic imine (C=N–C) groups is 1. The SMILES string of the molecule is CCNC(=NCc1ccsc1)NCc1ccc(N2CC(C)OC(C)C2)nc1. The van der Waals surface area contributed by atoms with Gasteiger partial charge < -0.3 is 20.3 Å². The van der Waals surface area contributed by atoms with Crippen LogP contribution in [-0.2, 0) is 17.8 Å². The van der Waals surface area contributed by atoms with Crippen molar-refractivity contribution in [2.75, 3.05) is 24.5 Å². The van der Waals surface area contributed by atoms with Gasteiger partial charge in [0, 0.05) is 32.4 Å². The molecule has 0 spiro atoms. The number of nitrogens with one attached hydrogen (secondary N) is 2. The highest BCUT2D eigenvalue weighted by Crippen LogP contribution is 2.18. The van der Waals surface area contributed by atoms with Crippen molar-refractivity contribution in [3.05, 3.63) is 46.3 Å². The van der Waals surface area contributed by atoms with Gasteiger partial charge in [0.15, 0.2) is 5.96 Å². The Balaban J connectivity index is 1.55. The van der Waals surface area contributed by atoms with Gasteiger partial charge in [-0.15, -0.1) is 0 Å². The summed E-state index contributed by atoms with van der Waals surface area (Å²) in [6.07, 6.45) is 2.41. The molecule has 146 valence electrons. The first-order chi connectivity index (χ1) is 13.1. The smallest absolute Gasteiger partial charge is 0.191 e. The molecule has 2 aromatic heterocycles. The molecular weight excluding hydrogens is 358 g/mol. The Kier molecular flexibility index (Phi) is 7.06. The summed E-state index contributed by atoms with van der Waals surface area (Å²) in [7, 11) is 0. The Bertz CT molecular complexity index is 706. The molecular formula is C20H29N5OS. The van der Waals surface area contributed by atoms with Crippen LogP contribution in [0.2, 0.25) is 0 Å². The fourth-order valence-electron chi connectivity index (χ4n) is 3.15. The zero-order valence-corrected chi connectivity index (χ0v) is 17.1. The van der Waals surface area contributed by atoms with E-state index in [2.05, 4.69) is 75.2 Å². The minimum Gasteiger partial charge on any atom is -0.372 e. The minimum atomic E-state index is 0.235. The van der Waals surface area contributed by atoms with Crippen LogP contribution >= 0.6 is 11.3 Å². The lowest BCUT2D eigenvalue weighted by Gasteiger charge is -2.36. The number of hydrogen-bond acceptors (Lipinski definition) is 5. The Labute approximate surface area is 165 Å². The first-order valence-electron chi connectivity index (χ1n) is 9.52. The molecule has 2 atom stereocenters. The number of thiophene rings is 1. The molecule has 3 rings (SSSR count). The highest BCUT2D eigenvalue weighted by molar-refractivity contribution is 7.07. The van der Waals surface area contributed by atoms with E-state index in [0.29, 0.717) is 13.1 Å². The van der Waals surface area contributed by atoms with E-state index in [1.54, 1.807) is 11.3 Å². The highest BCUT2D eigenvalue weighted by atomic mass is 32.1. The van der Waals surface area contributed by atoms with Crippen LogP contribution in [0.15, 0.2) is 40.1 Å². The van der Waals surface area contributed by atoms with Gasteiger partial charge in [-0.2, -0.15) is 11.3 Å². The summed E-state index contributed by atoms with van der Waals surface area (Å²) in [4.78, 5) is 11.6. The van der Waals surface area contributed by atoms with Gasteiger partial charge in [-0.1, -0.05) is 6.07 Å². The number of morpholine rings is 1. The molecule has 0 bridgehead atoms. The zero-order chi connectivity index (χ0) is 19.1. The second-order valence-corrected chi connectivity index (χ2v) is 7.65. The zero-order valence-electron chi connectivity index (χ0n) is 16.3. The highest BCUT2D eigenvalue weighted by Gasteiger charge is 2.22. The molecule has 7 heteroatoms. The van der Waals surface area contributed by atoms with Crippen LogP contribution in [0.1, 0.15) is 31.9 Å². The third kappa shape index (κ3) is 5.94. The largest absolute Gasteiger partial charge is 0.372 e. The van der Waals surface area contributed by atoms with E-state index in [9.17, 15) is 0 Å². The van der Waals surface area contributed by atoms with E-state index < -0.39 is 0 Å². The fraction of sp³-hybridized carbons (Fsp3) is 0.500. The average molecular weight is 388 g/mol. The second kappa shape index (κ2) is 9.71. The summed E-state index contributed by atoms with van der Waals surface area (Å²) in [5, 5.41) is 10.9. The molecule has 0 aromatic carbocycles. The summed E-state index contributed by atoms with van der Waals surface area (Å²) >= 11 is 1.70. The Morgan fingerprint density at radius 2 is 2.04 bits per heavy atom. The molecule has 0 amide bonds. The maximum Gasteiger partial charge on any atom is 0.191 e. The van der Waals surface area contributed by atoms with Crippen molar-refractivity contribution < 1.29 is 4.74 Å². The van der Waals surface area contributed by atoms with Crippen LogP contribution in [0.3, 0.4) is 0 Å². The standard InChI is InChI=1S/C20H29N5OS/c1-4-21-20(24-11-18-7-8-27-14-18)23-10-17-5-6-19(22-9-17)25-12-15(2)26-16(3)13-25/h5-9,14-16H,4,10-13H2,1-3H3,(H2,21,23,24). The van der Waals surface area contributed by atoms with E-state index >= 15 is 0 Å². The Morgan fingerprint density at radius 3 is 2.67 bits per heavy atom. The number of hydrogen-bond donors (Lipinski definition) is 2. The number of aromatic nitrogens is 1. The third-order valence-electron chi connectivity index (χ3n) is 4.36. The van der Waals surface area contributed by atoms with E-state index in [-0.39, 0.29) is 12.2 Å². The van der Waals surface area contributed by atoms with Gasteiger partial charge in [0.1, 0.15) is 5.82 Å². The van der Waals surface area contributed by atoms with E-state index in [1.807, 2.05) is 6.20 Å². The summed E-state index contributed by atoms with van der Waals surface area (Å²) < 4.78 is 5.80. The molecule has 0 aliphatic carbocycles. The number of ether oxygens (including phenoxy) is 1. The van der Waals surface area contributed by atoms with Crippen LogP contribution < -0.4 is 15.5 Å². The molecule has 1 fully saturated rings. The first-order valence-corrected chi connectivity index (χ1v) is 10.5. The van der Waals surface area contributed by atoms with E-state index in [1.165, 1.54) is 5.56 Å². The van der Waals surface area contributed by atoms with Crippen LogP contribution in [0.25, 0.3) is 0 Å². The molecule has 1 aliphatic heterocycles. The number of rotatable bonds is 6. The van der Waals surface area contributed by atoms with Gasteiger partial charge in [0.25, 0.3) is 0 Å².